The summed E-state index contributed by atoms with van der Waals surface area (Å²) in [6.45, 7) is 1.01. The highest BCUT2D eigenvalue weighted by molar-refractivity contribution is 7.93. The van der Waals surface area contributed by atoms with E-state index >= 15 is 0 Å². The van der Waals surface area contributed by atoms with Crippen LogP contribution in [0.5, 0.6) is 0 Å². The molecule has 7 heteroatoms. The first-order valence-electron chi connectivity index (χ1n) is 9.75. The van der Waals surface area contributed by atoms with E-state index in [1.54, 1.807) is 0 Å². The molecular weight excluding hydrogens is 384 g/mol. The first-order chi connectivity index (χ1) is 14.1. The zero-order valence-electron chi connectivity index (χ0n) is 16.1. The van der Waals surface area contributed by atoms with Crippen LogP contribution in [0.3, 0.4) is 0 Å². The van der Waals surface area contributed by atoms with Gasteiger partial charge in [0.1, 0.15) is 0 Å². The van der Waals surface area contributed by atoms with Crippen LogP contribution >= 0.6 is 0 Å². The second-order valence-corrected chi connectivity index (χ2v) is 9.27. The van der Waals surface area contributed by atoms with E-state index in [2.05, 4.69) is 22.3 Å². The molecule has 1 atom stereocenters. The van der Waals surface area contributed by atoms with Crippen LogP contribution in [0.2, 0.25) is 0 Å². The van der Waals surface area contributed by atoms with E-state index in [1.807, 2.05) is 54.6 Å². The fraction of sp³-hybridized carbons (Fsp3) is 0.273. The van der Waals surface area contributed by atoms with Gasteiger partial charge in [0.2, 0.25) is 10.0 Å². The highest BCUT2D eigenvalue weighted by Gasteiger charge is 2.28. The summed E-state index contributed by atoms with van der Waals surface area (Å²) in [5.74, 6) is 0.299. The Kier molecular flexibility index (Phi) is 5.60. The van der Waals surface area contributed by atoms with Crippen molar-refractivity contribution in [3.05, 3.63) is 78.0 Å². The molecule has 0 spiro atoms. The van der Waals surface area contributed by atoms with Gasteiger partial charge < -0.3 is 5.73 Å². The molecule has 1 saturated heterocycles. The number of aromatic nitrogens is 2. The van der Waals surface area contributed by atoms with Gasteiger partial charge in [-0.25, -0.2) is 8.42 Å². The topological polar surface area (TPSA) is 89.2 Å². The van der Waals surface area contributed by atoms with Crippen LogP contribution in [0.1, 0.15) is 23.6 Å². The third kappa shape index (κ3) is 4.31. The monoisotopic (exact) mass is 408 g/mol. The smallest absolute Gasteiger partial charge is 0.235 e. The second-order valence-electron chi connectivity index (χ2n) is 7.26. The van der Waals surface area contributed by atoms with E-state index in [9.17, 15) is 8.42 Å². The molecule has 0 radical (unpaired) electrons. The number of sulfonamides is 1. The summed E-state index contributed by atoms with van der Waals surface area (Å²) in [5.41, 5.74) is 10.3. The number of hydrogen-bond donors (Lipinski definition) is 1. The van der Waals surface area contributed by atoms with Crippen LogP contribution < -0.4 is 10.0 Å². The van der Waals surface area contributed by atoms with Crippen molar-refractivity contribution in [1.29, 1.82) is 0 Å². The van der Waals surface area contributed by atoms with Gasteiger partial charge in [-0.1, -0.05) is 42.5 Å². The molecule has 0 saturated carbocycles. The van der Waals surface area contributed by atoms with Gasteiger partial charge in [0, 0.05) is 24.6 Å². The molecular formula is C22H24N4O2S. The Labute approximate surface area is 171 Å². The van der Waals surface area contributed by atoms with E-state index in [0.717, 1.165) is 17.7 Å². The fourth-order valence-electron chi connectivity index (χ4n) is 3.67. The molecule has 1 aliphatic heterocycles. The van der Waals surface area contributed by atoms with Gasteiger partial charge in [-0.15, -0.1) is 0 Å². The van der Waals surface area contributed by atoms with Crippen molar-refractivity contribution < 1.29 is 8.42 Å². The predicted octanol–water partition coefficient (Wildman–Crippen LogP) is 2.97. The Morgan fingerprint density at radius 3 is 2.48 bits per heavy atom. The lowest BCUT2D eigenvalue weighted by molar-refractivity contribution is 0.599. The van der Waals surface area contributed by atoms with Crippen LogP contribution in [0.4, 0.5) is 5.69 Å². The van der Waals surface area contributed by atoms with Gasteiger partial charge in [0.25, 0.3) is 0 Å². The number of nitrogens with two attached hydrogens (primary N) is 1. The number of benzene rings is 2. The molecule has 3 aromatic rings. The van der Waals surface area contributed by atoms with E-state index in [0.29, 0.717) is 30.9 Å². The molecule has 1 unspecified atom stereocenters. The maximum atomic E-state index is 12.2. The van der Waals surface area contributed by atoms with Gasteiger partial charge in [-0.3, -0.25) is 4.31 Å². The highest BCUT2D eigenvalue weighted by atomic mass is 32.2. The van der Waals surface area contributed by atoms with E-state index in [-0.39, 0.29) is 11.7 Å². The van der Waals surface area contributed by atoms with E-state index < -0.39 is 10.0 Å². The van der Waals surface area contributed by atoms with Crippen LogP contribution in [0.15, 0.2) is 66.7 Å². The second kappa shape index (κ2) is 8.31. The van der Waals surface area contributed by atoms with Crippen molar-refractivity contribution in [2.24, 2.45) is 5.73 Å². The van der Waals surface area contributed by atoms with Gasteiger partial charge in [-0.05, 0) is 42.7 Å². The molecule has 2 aromatic carbocycles. The van der Waals surface area contributed by atoms with Crippen molar-refractivity contribution in [3.8, 4) is 11.3 Å². The molecule has 0 amide bonds. The molecule has 1 fully saturated rings. The molecule has 4 rings (SSSR count). The Balaban J connectivity index is 1.55. The molecule has 2 heterocycles. The normalized spacial score (nSPS) is 16.7. The number of hydrogen-bond acceptors (Lipinski definition) is 5. The van der Waals surface area contributed by atoms with Gasteiger partial charge in [0.05, 0.1) is 22.8 Å². The van der Waals surface area contributed by atoms with E-state index in [4.69, 9.17) is 5.73 Å². The van der Waals surface area contributed by atoms with Crippen LogP contribution in [0, 0.1) is 0 Å². The molecule has 1 aromatic heterocycles. The fourth-order valence-corrected chi connectivity index (χ4v) is 5.23. The summed E-state index contributed by atoms with van der Waals surface area (Å²) in [7, 11) is -3.21. The predicted molar refractivity (Wildman–Crippen MR) is 115 cm³/mol. The van der Waals surface area contributed by atoms with E-state index in [1.165, 1.54) is 9.87 Å². The summed E-state index contributed by atoms with van der Waals surface area (Å²) < 4.78 is 25.9. The molecule has 150 valence electrons. The molecule has 2 N–H and O–H groups in total. The summed E-state index contributed by atoms with van der Waals surface area (Å²) in [6.07, 6.45) is 1.47. The maximum Gasteiger partial charge on any atom is 0.235 e. The summed E-state index contributed by atoms with van der Waals surface area (Å²) in [4.78, 5) is 0. The zero-order valence-corrected chi connectivity index (χ0v) is 16.9. The summed E-state index contributed by atoms with van der Waals surface area (Å²) >= 11 is 0. The van der Waals surface area contributed by atoms with Crippen molar-refractivity contribution in [2.45, 2.75) is 18.8 Å². The molecule has 0 aliphatic carbocycles. The third-order valence-electron chi connectivity index (χ3n) is 5.24. The van der Waals surface area contributed by atoms with Crippen LogP contribution in [-0.4, -0.2) is 37.5 Å². The quantitative estimate of drug-likeness (QED) is 0.677. The van der Waals surface area contributed by atoms with Gasteiger partial charge >= 0.3 is 0 Å². The van der Waals surface area contributed by atoms with Gasteiger partial charge in [0.15, 0.2) is 0 Å². The number of anilines is 1. The lowest BCUT2D eigenvalue weighted by Crippen LogP contribution is -2.24. The Morgan fingerprint density at radius 2 is 1.83 bits per heavy atom. The first kappa shape index (κ1) is 19.5. The minimum atomic E-state index is -3.21. The average Bonchev–Trinajstić information content (AvgIpc) is 3.12. The van der Waals surface area contributed by atoms with Crippen molar-refractivity contribution >= 4 is 15.7 Å². The summed E-state index contributed by atoms with van der Waals surface area (Å²) in [5, 5.41) is 8.81. The standard InChI is InChI=1S/C22H24N4O2S/c23-16-19(14-17-6-2-1-3-7-17)22-11-10-21(24-25-22)18-8-4-9-20(15-18)26-12-5-13-29(26,27)28/h1-4,6-11,15,19H,5,12-14,16,23H2. The summed E-state index contributed by atoms with van der Waals surface area (Å²) in [6, 6.07) is 21.5. The molecule has 6 nitrogen and oxygen atoms in total. The Morgan fingerprint density at radius 1 is 1.00 bits per heavy atom. The lowest BCUT2D eigenvalue weighted by atomic mass is 9.96. The highest BCUT2D eigenvalue weighted by Crippen LogP contribution is 2.28. The minimum Gasteiger partial charge on any atom is -0.330 e. The van der Waals surface area contributed by atoms with Crippen molar-refractivity contribution in [3.63, 3.8) is 0 Å². The third-order valence-corrected chi connectivity index (χ3v) is 7.11. The molecule has 29 heavy (non-hydrogen) atoms. The van der Waals surface area contributed by atoms with Crippen LogP contribution in [0.25, 0.3) is 11.3 Å². The molecule has 0 bridgehead atoms. The van der Waals surface area contributed by atoms with Gasteiger partial charge in [-0.2, -0.15) is 10.2 Å². The largest absolute Gasteiger partial charge is 0.330 e. The average molecular weight is 409 g/mol. The minimum absolute atomic E-state index is 0.0972. The SMILES string of the molecule is NCC(Cc1ccccc1)c1ccc(-c2cccc(N3CCCS3(=O)=O)c2)nn1. The Bertz CT molecular complexity index is 1070. The zero-order chi connectivity index (χ0) is 20.3. The lowest BCUT2D eigenvalue weighted by Gasteiger charge is -2.17. The number of rotatable bonds is 6. The van der Waals surface area contributed by atoms with Crippen LogP contribution in [-0.2, 0) is 16.4 Å². The number of nitrogens with zero attached hydrogens (tertiary/aromatic N) is 3. The molecule has 1 aliphatic rings. The van der Waals surface area contributed by atoms with Crippen molar-refractivity contribution in [1.82, 2.24) is 10.2 Å². The maximum absolute atomic E-state index is 12.2. The Hall–Kier alpha value is -2.77. The first-order valence-corrected chi connectivity index (χ1v) is 11.4. The van der Waals surface area contributed by atoms with Crippen molar-refractivity contribution in [2.75, 3.05) is 23.1 Å².